The van der Waals surface area contributed by atoms with Crippen LogP contribution in [0.3, 0.4) is 0 Å². The second kappa shape index (κ2) is 5.47. The van der Waals surface area contributed by atoms with Gasteiger partial charge in [-0.05, 0) is 31.5 Å². The fourth-order valence-electron chi connectivity index (χ4n) is 1.81. The summed E-state index contributed by atoms with van der Waals surface area (Å²) in [4.78, 5) is 0.0653. The molecule has 0 aliphatic rings. The molecule has 0 atom stereocenters. The maximum Gasteiger partial charge on any atom is 0.265 e. The number of benzene rings is 1. The van der Waals surface area contributed by atoms with E-state index in [0.29, 0.717) is 22.2 Å². The second-order valence-electron chi connectivity index (χ2n) is 4.43. The summed E-state index contributed by atoms with van der Waals surface area (Å²) in [5, 5.41) is 0.333. The Hall–Kier alpha value is -1.50. The molecule has 5 nitrogen and oxygen atoms in total. The Labute approximate surface area is 122 Å². The van der Waals surface area contributed by atoms with Gasteiger partial charge in [-0.3, -0.25) is 4.72 Å². The maximum absolute atomic E-state index is 12.3. The predicted octanol–water partition coefficient (Wildman–Crippen LogP) is 2.81. The van der Waals surface area contributed by atoms with Crippen LogP contribution in [0.2, 0.25) is 5.02 Å². The average molecular weight is 315 g/mol. The highest BCUT2D eigenvalue weighted by Gasteiger charge is 2.22. The van der Waals surface area contributed by atoms with Gasteiger partial charge in [-0.1, -0.05) is 17.7 Å². The molecule has 0 aliphatic heterocycles. The summed E-state index contributed by atoms with van der Waals surface area (Å²) in [6, 6.07) is 6.53. The van der Waals surface area contributed by atoms with Crippen LogP contribution in [0, 0.1) is 13.8 Å². The summed E-state index contributed by atoms with van der Waals surface area (Å²) in [6.07, 6.45) is 0. The Morgan fingerprint density at radius 3 is 2.60 bits per heavy atom. The zero-order valence-electron chi connectivity index (χ0n) is 11.1. The first-order valence-electron chi connectivity index (χ1n) is 5.92. The molecule has 108 valence electrons. The van der Waals surface area contributed by atoms with Crippen LogP contribution in [0.15, 0.2) is 33.6 Å². The molecule has 20 heavy (non-hydrogen) atoms. The minimum absolute atomic E-state index is 0.0653. The monoisotopic (exact) mass is 314 g/mol. The van der Waals surface area contributed by atoms with E-state index in [2.05, 4.69) is 4.72 Å². The molecular formula is C13H15ClN2O3S. The van der Waals surface area contributed by atoms with Crippen LogP contribution in [-0.4, -0.2) is 8.42 Å². The molecule has 0 aliphatic carbocycles. The topological polar surface area (TPSA) is 85.3 Å². The molecule has 7 heteroatoms. The van der Waals surface area contributed by atoms with Gasteiger partial charge in [0, 0.05) is 6.07 Å². The van der Waals surface area contributed by atoms with Gasteiger partial charge < -0.3 is 10.2 Å². The molecule has 0 unspecified atom stereocenters. The lowest BCUT2D eigenvalue weighted by molar-refractivity contribution is 0.479. The molecule has 2 rings (SSSR count). The molecule has 1 aromatic carbocycles. The number of rotatable bonds is 4. The number of aryl methyl sites for hydroxylation is 2. The Morgan fingerprint density at radius 1 is 1.30 bits per heavy atom. The van der Waals surface area contributed by atoms with Gasteiger partial charge >= 0.3 is 0 Å². The van der Waals surface area contributed by atoms with Crippen LogP contribution in [-0.2, 0) is 16.6 Å². The first-order chi connectivity index (χ1) is 9.33. The van der Waals surface area contributed by atoms with E-state index in [1.165, 1.54) is 6.07 Å². The third-order valence-corrected chi connectivity index (χ3v) is 4.58. The van der Waals surface area contributed by atoms with E-state index in [4.69, 9.17) is 21.8 Å². The summed E-state index contributed by atoms with van der Waals surface area (Å²) in [5.74, 6) is 0.708. The predicted molar refractivity (Wildman–Crippen MR) is 78.3 cm³/mol. The van der Waals surface area contributed by atoms with Crippen molar-refractivity contribution >= 4 is 27.3 Å². The number of hydrogen-bond donors (Lipinski definition) is 2. The molecule has 0 saturated heterocycles. The van der Waals surface area contributed by atoms with Crippen molar-refractivity contribution < 1.29 is 12.8 Å². The van der Waals surface area contributed by atoms with Gasteiger partial charge in [-0.15, -0.1) is 0 Å². The SMILES string of the molecule is Cc1ccc(Cl)c(NS(=O)(=O)c2cc(CN)oc2C)c1. The normalized spacial score (nSPS) is 11.6. The molecule has 3 N–H and O–H groups in total. The number of furan rings is 1. The lowest BCUT2D eigenvalue weighted by Crippen LogP contribution is -2.13. The molecule has 0 spiro atoms. The van der Waals surface area contributed by atoms with Crippen LogP contribution >= 0.6 is 11.6 Å². The van der Waals surface area contributed by atoms with Crippen LogP contribution in [0.4, 0.5) is 5.69 Å². The largest absolute Gasteiger partial charge is 0.464 e. The van der Waals surface area contributed by atoms with Crippen molar-refractivity contribution in [3.63, 3.8) is 0 Å². The quantitative estimate of drug-likeness (QED) is 0.908. The van der Waals surface area contributed by atoms with Gasteiger partial charge in [0.15, 0.2) is 0 Å². The number of sulfonamides is 1. The van der Waals surface area contributed by atoms with Crippen molar-refractivity contribution in [1.82, 2.24) is 0 Å². The minimum Gasteiger partial charge on any atom is -0.464 e. The van der Waals surface area contributed by atoms with Crippen molar-refractivity contribution in [2.75, 3.05) is 4.72 Å². The third-order valence-electron chi connectivity index (χ3n) is 2.78. The molecule has 1 heterocycles. The summed E-state index contributed by atoms with van der Waals surface area (Å²) in [7, 11) is -3.76. The Bertz CT molecular complexity index is 738. The molecule has 0 saturated carbocycles. The van der Waals surface area contributed by atoms with E-state index in [9.17, 15) is 8.42 Å². The Morgan fingerprint density at radius 2 is 2.00 bits per heavy atom. The Kier molecular flexibility index (Phi) is 4.08. The van der Waals surface area contributed by atoms with Crippen molar-refractivity contribution in [3.05, 3.63) is 46.4 Å². The van der Waals surface area contributed by atoms with E-state index in [1.54, 1.807) is 25.1 Å². The molecule has 2 aromatic rings. The highest BCUT2D eigenvalue weighted by atomic mass is 35.5. The van der Waals surface area contributed by atoms with Gasteiger partial charge in [0.05, 0.1) is 17.3 Å². The Balaban J connectivity index is 2.40. The van der Waals surface area contributed by atoms with Crippen LogP contribution in [0.1, 0.15) is 17.1 Å². The minimum atomic E-state index is -3.76. The van der Waals surface area contributed by atoms with Crippen LogP contribution in [0.25, 0.3) is 0 Å². The van der Waals surface area contributed by atoms with Crippen molar-refractivity contribution in [1.29, 1.82) is 0 Å². The number of nitrogens with two attached hydrogens (primary N) is 1. The van der Waals surface area contributed by atoms with Gasteiger partial charge in [0.2, 0.25) is 0 Å². The zero-order valence-corrected chi connectivity index (χ0v) is 12.7. The van der Waals surface area contributed by atoms with E-state index in [1.807, 2.05) is 6.92 Å². The van der Waals surface area contributed by atoms with Crippen molar-refractivity contribution in [2.24, 2.45) is 5.73 Å². The molecule has 0 bridgehead atoms. The molecule has 0 amide bonds. The number of nitrogens with one attached hydrogen (secondary N) is 1. The lowest BCUT2D eigenvalue weighted by Gasteiger charge is -2.09. The standard InChI is InChI=1S/C13H15ClN2O3S/c1-8-3-4-11(14)12(5-8)16-20(17,18)13-6-10(7-15)19-9(13)2/h3-6,16H,7,15H2,1-2H3. The first-order valence-corrected chi connectivity index (χ1v) is 7.78. The lowest BCUT2D eigenvalue weighted by atomic mass is 10.2. The highest BCUT2D eigenvalue weighted by Crippen LogP contribution is 2.27. The fourth-order valence-corrected chi connectivity index (χ4v) is 3.30. The van der Waals surface area contributed by atoms with Gasteiger partial charge in [0.1, 0.15) is 16.4 Å². The summed E-state index contributed by atoms with van der Waals surface area (Å²) < 4.78 is 32.4. The fraction of sp³-hybridized carbons (Fsp3) is 0.231. The first kappa shape index (κ1) is 14.9. The average Bonchev–Trinajstić information content (AvgIpc) is 2.76. The van der Waals surface area contributed by atoms with Crippen molar-refractivity contribution in [2.45, 2.75) is 25.3 Å². The highest BCUT2D eigenvalue weighted by molar-refractivity contribution is 7.92. The van der Waals surface area contributed by atoms with Gasteiger partial charge in [-0.25, -0.2) is 8.42 Å². The zero-order chi connectivity index (χ0) is 14.9. The second-order valence-corrected chi connectivity index (χ2v) is 6.48. The summed E-state index contributed by atoms with van der Waals surface area (Å²) in [6.45, 7) is 3.57. The summed E-state index contributed by atoms with van der Waals surface area (Å²) >= 11 is 5.99. The molecular weight excluding hydrogens is 300 g/mol. The smallest absolute Gasteiger partial charge is 0.265 e. The van der Waals surface area contributed by atoms with Gasteiger partial charge in [0.25, 0.3) is 10.0 Å². The molecule has 0 radical (unpaired) electrons. The molecule has 0 fully saturated rings. The van der Waals surface area contributed by atoms with E-state index < -0.39 is 10.0 Å². The van der Waals surface area contributed by atoms with E-state index in [0.717, 1.165) is 5.56 Å². The third kappa shape index (κ3) is 2.98. The van der Waals surface area contributed by atoms with Crippen LogP contribution < -0.4 is 10.5 Å². The van der Waals surface area contributed by atoms with E-state index in [-0.39, 0.29) is 11.4 Å². The number of halogens is 1. The number of hydrogen-bond acceptors (Lipinski definition) is 4. The molecule has 1 aromatic heterocycles. The van der Waals surface area contributed by atoms with E-state index >= 15 is 0 Å². The van der Waals surface area contributed by atoms with Crippen LogP contribution in [0.5, 0.6) is 0 Å². The number of anilines is 1. The van der Waals surface area contributed by atoms with Gasteiger partial charge in [-0.2, -0.15) is 0 Å². The maximum atomic E-state index is 12.3. The van der Waals surface area contributed by atoms with Crippen molar-refractivity contribution in [3.8, 4) is 0 Å². The summed E-state index contributed by atoms with van der Waals surface area (Å²) in [5.41, 5.74) is 6.68.